The normalized spacial score (nSPS) is 11.9. The molecule has 1 aromatic carbocycles. The molecule has 1 atom stereocenters. The van der Waals surface area contributed by atoms with Crippen molar-refractivity contribution in [1.29, 1.82) is 0 Å². The Kier molecular flexibility index (Phi) is 5.18. The maximum absolute atomic E-state index is 12.4. The van der Waals surface area contributed by atoms with Crippen LogP contribution in [0.5, 0.6) is 5.88 Å². The molecule has 0 spiro atoms. The quantitative estimate of drug-likeness (QED) is 0.692. The zero-order chi connectivity index (χ0) is 17.6. The Bertz CT molecular complexity index is 849. The van der Waals surface area contributed by atoms with E-state index in [1.807, 2.05) is 49.4 Å². The van der Waals surface area contributed by atoms with E-state index in [0.717, 1.165) is 16.6 Å². The van der Waals surface area contributed by atoms with Crippen LogP contribution in [0, 0.1) is 0 Å². The Morgan fingerprint density at radius 3 is 2.72 bits per heavy atom. The number of aromatic nitrogens is 3. The summed E-state index contributed by atoms with van der Waals surface area (Å²) in [5.41, 5.74) is 1.74. The van der Waals surface area contributed by atoms with Gasteiger partial charge in [-0.05, 0) is 31.2 Å². The summed E-state index contributed by atoms with van der Waals surface area (Å²) in [6, 6.07) is 13.4. The van der Waals surface area contributed by atoms with Gasteiger partial charge in [-0.3, -0.25) is 9.78 Å². The van der Waals surface area contributed by atoms with E-state index in [9.17, 15) is 4.79 Å². The molecule has 0 saturated heterocycles. The fourth-order valence-electron chi connectivity index (χ4n) is 2.53. The summed E-state index contributed by atoms with van der Waals surface area (Å²) < 4.78 is 5.64. The van der Waals surface area contributed by atoms with Gasteiger partial charge in [0.1, 0.15) is 6.33 Å². The van der Waals surface area contributed by atoms with Crippen LogP contribution in [0.25, 0.3) is 10.9 Å². The molecule has 0 bridgehead atoms. The van der Waals surface area contributed by atoms with Gasteiger partial charge in [0.25, 0.3) is 5.91 Å². The second kappa shape index (κ2) is 7.70. The summed E-state index contributed by atoms with van der Waals surface area (Å²) in [4.78, 5) is 26.7. The molecule has 0 fully saturated rings. The number of ether oxygens (including phenoxy) is 1. The zero-order valence-corrected chi connectivity index (χ0v) is 14.3. The lowest BCUT2D eigenvalue weighted by Crippen LogP contribution is -2.39. The molecule has 0 aliphatic carbocycles. The number of para-hydroxylation sites is 1. The van der Waals surface area contributed by atoms with Crippen molar-refractivity contribution in [2.45, 2.75) is 19.4 Å². The van der Waals surface area contributed by atoms with E-state index in [0.29, 0.717) is 12.3 Å². The van der Waals surface area contributed by atoms with E-state index in [4.69, 9.17) is 4.74 Å². The smallest absolute Gasteiger partial charge is 0.260 e. The molecule has 0 aliphatic rings. The fraction of sp³-hybridized carbons (Fsp3) is 0.263. The second-order valence-corrected chi connectivity index (χ2v) is 5.86. The second-order valence-electron chi connectivity index (χ2n) is 5.86. The summed E-state index contributed by atoms with van der Waals surface area (Å²) in [5.74, 6) is 0.316. The standard InChI is InChI=1S/C19H20N4O2/c1-14(11-15-7-5-6-10-20-15)23(2)18(24)12-25-19-16-8-3-4-9-17(16)21-13-22-19/h3-10,13-14H,11-12H2,1-2H3/t14-/m1/s1. The third-order valence-electron chi connectivity index (χ3n) is 4.12. The molecule has 6 nitrogen and oxygen atoms in total. The van der Waals surface area contributed by atoms with Gasteiger partial charge in [-0.2, -0.15) is 0 Å². The highest BCUT2D eigenvalue weighted by atomic mass is 16.5. The maximum Gasteiger partial charge on any atom is 0.260 e. The minimum atomic E-state index is -0.105. The van der Waals surface area contributed by atoms with E-state index in [2.05, 4.69) is 15.0 Å². The molecule has 25 heavy (non-hydrogen) atoms. The fourth-order valence-corrected chi connectivity index (χ4v) is 2.53. The van der Waals surface area contributed by atoms with Crippen molar-refractivity contribution in [3.8, 4) is 5.88 Å². The largest absolute Gasteiger partial charge is 0.467 e. The van der Waals surface area contributed by atoms with Crippen molar-refractivity contribution in [2.75, 3.05) is 13.7 Å². The van der Waals surface area contributed by atoms with Crippen LogP contribution in [-0.2, 0) is 11.2 Å². The highest BCUT2D eigenvalue weighted by molar-refractivity contribution is 5.84. The SMILES string of the molecule is C[C@H](Cc1ccccn1)N(C)C(=O)COc1ncnc2ccccc12. The predicted molar refractivity (Wildman–Crippen MR) is 95.2 cm³/mol. The first-order chi connectivity index (χ1) is 12.1. The Labute approximate surface area is 146 Å². The van der Waals surface area contributed by atoms with Crippen LogP contribution in [0.2, 0.25) is 0 Å². The topological polar surface area (TPSA) is 68.2 Å². The van der Waals surface area contributed by atoms with Crippen molar-refractivity contribution >= 4 is 16.8 Å². The lowest BCUT2D eigenvalue weighted by atomic mass is 10.1. The van der Waals surface area contributed by atoms with E-state index >= 15 is 0 Å². The molecule has 0 saturated carbocycles. The maximum atomic E-state index is 12.4. The number of carbonyl (C=O) groups is 1. The number of nitrogens with zero attached hydrogens (tertiary/aromatic N) is 4. The van der Waals surface area contributed by atoms with Crippen LogP contribution < -0.4 is 4.74 Å². The van der Waals surface area contributed by atoms with Crippen molar-refractivity contribution in [1.82, 2.24) is 19.9 Å². The molecule has 1 amide bonds. The minimum Gasteiger partial charge on any atom is -0.467 e. The van der Waals surface area contributed by atoms with Gasteiger partial charge in [-0.25, -0.2) is 9.97 Å². The highest BCUT2D eigenvalue weighted by Crippen LogP contribution is 2.20. The summed E-state index contributed by atoms with van der Waals surface area (Å²) in [7, 11) is 1.78. The number of benzene rings is 1. The monoisotopic (exact) mass is 336 g/mol. The number of pyridine rings is 1. The van der Waals surface area contributed by atoms with Gasteiger partial charge < -0.3 is 9.64 Å². The van der Waals surface area contributed by atoms with Gasteiger partial charge in [0.05, 0.1) is 10.9 Å². The van der Waals surface area contributed by atoms with Gasteiger partial charge >= 0.3 is 0 Å². The van der Waals surface area contributed by atoms with Crippen molar-refractivity contribution in [3.63, 3.8) is 0 Å². The Morgan fingerprint density at radius 2 is 1.92 bits per heavy atom. The van der Waals surface area contributed by atoms with Crippen LogP contribution in [0.3, 0.4) is 0 Å². The van der Waals surface area contributed by atoms with Gasteiger partial charge in [0.2, 0.25) is 5.88 Å². The molecule has 128 valence electrons. The molecule has 0 aliphatic heterocycles. The van der Waals surface area contributed by atoms with Crippen LogP contribution in [-0.4, -0.2) is 45.5 Å². The number of hydrogen-bond donors (Lipinski definition) is 0. The summed E-state index contributed by atoms with van der Waals surface area (Å²) in [6.45, 7) is 1.93. The minimum absolute atomic E-state index is 0.0214. The van der Waals surface area contributed by atoms with Gasteiger partial charge in [-0.1, -0.05) is 18.2 Å². The van der Waals surface area contributed by atoms with Crippen LogP contribution in [0.4, 0.5) is 0 Å². The zero-order valence-electron chi connectivity index (χ0n) is 14.3. The highest BCUT2D eigenvalue weighted by Gasteiger charge is 2.18. The first-order valence-corrected chi connectivity index (χ1v) is 8.13. The van der Waals surface area contributed by atoms with E-state index in [1.165, 1.54) is 6.33 Å². The average Bonchev–Trinajstić information content (AvgIpc) is 2.66. The molecule has 3 rings (SSSR count). The Hall–Kier alpha value is -3.02. The third kappa shape index (κ3) is 4.09. The lowest BCUT2D eigenvalue weighted by Gasteiger charge is -2.24. The lowest BCUT2D eigenvalue weighted by molar-refractivity contribution is -0.133. The number of likely N-dealkylation sites (N-methyl/N-ethyl adjacent to an activating group) is 1. The first kappa shape index (κ1) is 16.8. The van der Waals surface area contributed by atoms with Gasteiger partial charge in [-0.15, -0.1) is 0 Å². The number of carbonyl (C=O) groups excluding carboxylic acids is 1. The Morgan fingerprint density at radius 1 is 1.12 bits per heavy atom. The molecule has 3 aromatic rings. The Balaban J connectivity index is 1.61. The van der Waals surface area contributed by atoms with E-state index in [-0.39, 0.29) is 18.6 Å². The molecular formula is C19H20N4O2. The molecule has 2 heterocycles. The van der Waals surface area contributed by atoms with Crippen molar-refractivity contribution in [3.05, 3.63) is 60.7 Å². The molecular weight excluding hydrogens is 316 g/mol. The molecule has 2 aromatic heterocycles. The van der Waals surface area contributed by atoms with Gasteiger partial charge in [0.15, 0.2) is 6.61 Å². The van der Waals surface area contributed by atoms with Crippen LogP contribution in [0.1, 0.15) is 12.6 Å². The van der Waals surface area contributed by atoms with Crippen LogP contribution >= 0.6 is 0 Å². The van der Waals surface area contributed by atoms with E-state index < -0.39 is 0 Å². The van der Waals surface area contributed by atoms with Crippen LogP contribution in [0.15, 0.2) is 55.0 Å². The molecule has 6 heteroatoms. The predicted octanol–water partition coefficient (Wildman–Crippen LogP) is 2.49. The number of amides is 1. The molecule has 0 N–H and O–H groups in total. The number of rotatable bonds is 6. The first-order valence-electron chi connectivity index (χ1n) is 8.13. The average molecular weight is 336 g/mol. The third-order valence-corrected chi connectivity index (χ3v) is 4.12. The van der Waals surface area contributed by atoms with Crippen molar-refractivity contribution < 1.29 is 9.53 Å². The van der Waals surface area contributed by atoms with Crippen molar-refractivity contribution in [2.24, 2.45) is 0 Å². The molecule has 0 radical (unpaired) electrons. The number of fused-ring (bicyclic) bond motifs is 1. The summed E-state index contributed by atoms with van der Waals surface area (Å²) in [6.07, 6.45) is 3.89. The summed E-state index contributed by atoms with van der Waals surface area (Å²) in [5, 5.41) is 0.794. The molecule has 0 unspecified atom stereocenters. The summed E-state index contributed by atoms with van der Waals surface area (Å²) >= 11 is 0. The van der Waals surface area contributed by atoms with E-state index in [1.54, 1.807) is 18.1 Å². The van der Waals surface area contributed by atoms with Gasteiger partial charge in [0, 0.05) is 31.4 Å². The number of hydrogen-bond acceptors (Lipinski definition) is 5.